The van der Waals surface area contributed by atoms with Crippen molar-refractivity contribution >= 4 is 10.2 Å². The average molecular weight is 316 g/mol. The van der Waals surface area contributed by atoms with E-state index in [4.69, 9.17) is 5.11 Å². The molecule has 0 aromatic heterocycles. The summed E-state index contributed by atoms with van der Waals surface area (Å²) >= 11 is 0. The minimum atomic E-state index is -3.54. The summed E-state index contributed by atoms with van der Waals surface area (Å²) in [7, 11) is -2.04. The van der Waals surface area contributed by atoms with Crippen LogP contribution in [0, 0.1) is 11.7 Å². The summed E-state index contributed by atoms with van der Waals surface area (Å²) in [5.74, 6) is -0.188. The maximum atomic E-state index is 13.1. The Hall–Kier alpha value is -1.02. The number of hydrogen-bond donors (Lipinski definition) is 1. The van der Waals surface area contributed by atoms with Crippen molar-refractivity contribution in [3.63, 3.8) is 0 Å². The van der Waals surface area contributed by atoms with E-state index in [0.717, 1.165) is 0 Å². The maximum Gasteiger partial charge on any atom is 0.282 e. The molecule has 0 saturated carbocycles. The summed E-state index contributed by atoms with van der Waals surface area (Å²) in [6.45, 7) is 1.08. The summed E-state index contributed by atoms with van der Waals surface area (Å²) in [6, 6.07) is 5.94. The Kier molecular flexibility index (Phi) is 5.32. The Morgan fingerprint density at radius 2 is 2.05 bits per heavy atom. The molecule has 1 aromatic rings. The highest BCUT2D eigenvalue weighted by Crippen LogP contribution is 2.21. The molecule has 0 aliphatic carbocycles. The third-order valence-corrected chi connectivity index (χ3v) is 5.78. The molecular formula is C14H21FN2O3S. The Bertz CT molecular complexity index is 571. The van der Waals surface area contributed by atoms with Gasteiger partial charge in [-0.1, -0.05) is 12.1 Å². The van der Waals surface area contributed by atoms with E-state index in [1.165, 1.54) is 27.8 Å². The van der Waals surface area contributed by atoms with Gasteiger partial charge >= 0.3 is 0 Å². The Labute approximate surface area is 125 Å². The van der Waals surface area contributed by atoms with E-state index in [0.29, 0.717) is 31.5 Å². The van der Waals surface area contributed by atoms with Gasteiger partial charge in [0, 0.05) is 33.3 Å². The van der Waals surface area contributed by atoms with Crippen molar-refractivity contribution in [3.8, 4) is 0 Å². The fraction of sp³-hybridized carbons (Fsp3) is 0.571. The number of hydrogen-bond acceptors (Lipinski definition) is 3. The molecule has 0 atom stereocenters. The van der Waals surface area contributed by atoms with Gasteiger partial charge in [-0.3, -0.25) is 0 Å². The van der Waals surface area contributed by atoms with E-state index in [1.807, 2.05) is 0 Å². The van der Waals surface area contributed by atoms with E-state index >= 15 is 0 Å². The van der Waals surface area contributed by atoms with Crippen LogP contribution in [0.2, 0.25) is 0 Å². The quantitative estimate of drug-likeness (QED) is 0.888. The summed E-state index contributed by atoms with van der Waals surface area (Å²) < 4.78 is 40.7. The average Bonchev–Trinajstić information content (AvgIpc) is 2.47. The van der Waals surface area contributed by atoms with Crippen molar-refractivity contribution in [2.75, 3.05) is 26.7 Å². The first-order chi connectivity index (χ1) is 9.93. The third kappa shape index (κ3) is 4.00. The molecule has 2 rings (SSSR count). The minimum Gasteiger partial charge on any atom is -0.396 e. The molecule has 21 heavy (non-hydrogen) atoms. The second kappa shape index (κ2) is 6.83. The van der Waals surface area contributed by atoms with Crippen LogP contribution in [0.1, 0.15) is 18.4 Å². The molecule has 0 bridgehead atoms. The summed E-state index contributed by atoms with van der Waals surface area (Å²) in [6.07, 6.45) is 1.34. The van der Waals surface area contributed by atoms with E-state index in [2.05, 4.69) is 0 Å². The molecule has 1 N–H and O–H groups in total. The van der Waals surface area contributed by atoms with Crippen LogP contribution >= 0.6 is 0 Å². The topological polar surface area (TPSA) is 60.9 Å². The van der Waals surface area contributed by atoms with Gasteiger partial charge in [0.15, 0.2) is 0 Å². The monoisotopic (exact) mass is 316 g/mol. The molecular weight excluding hydrogens is 295 g/mol. The summed E-state index contributed by atoms with van der Waals surface area (Å²) in [5, 5.41) is 9.10. The molecule has 118 valence electrons. The van der Waals surface area contributed by atoms with E-state index in [-0.39, 0.29) is 24.9 Å². The van der Waals surface area contributed by atoms with Crippen molar-refractivity contribution in [1.82, 2.24) is 8.61 Å². The molecule has 1 fully saturated rings. The van der Waals surface area contributed by atoms with Crippen molar-refractivity contribution < 1.29 is 17.9 Å². The van der Waals surface area contributed by atoms with Crippen molar-refractivity contribution in [2.24, 2.45) is 5.92 Å². The highest BCUT2D eigenvalue weighted by Gasteiger charge is 2.30. The first kappa shape index (κ1) is 16.4. The lowest BCUT2D eigenvalue weighted by atomic mass is 10.00. The number of halogens is 1. The van der Waals surface area contributed by atoms with Gasteiger partial charge in [0.2, 0.25) is 0 Å². The Morgan fingerprint density at radius 1 is 1.38 bits per heavy atom. The van der Waals surface area contributed by atoms with Gasteiger partial charge in [0.1, 0.15) is 5.82 Å². The molecule has 0 spiro atoms. The largest absolute Gasteiger partial charge is 0.396 e. The van der Waals surface area contributed by atoms with Crippen LogP contribution in [0.5, 0.6) is 0 Å². The van der Waals surface area contributed by atoms with E-state index < -0.39 is 10.2 Å². The van der Waals surface area contributed by atoms with E-state index in [1.54, 1.807) is 12.1 Å². The van der Waals surface area contributed by atoms with Crippen molar-refractivity contribution in [2.45, 2.75) is 19.4 Å². The predicted octanol–water partition coefficient (Wildman–Crippen LogP) is 1.21. The molecule has 1 aliphatic heterocycles. The maximum absolute atomic E-state index is 13.1. The number of aliphatic hydroxyl groups is 1. The van der Waals surface area contributed by atoms with Crippen LogP contribution in [-0.4, -0.2) is 48.9 Å². The van der Waals surface area contributed by atoms with Gasteiger partial charge in [-0.2, -0.15) is 17.0 Å². The minimum absolute atomic E-state index is 0.104. The fourth-order valence-corrected chi connectivity index (χ4v) is 3.87. The number of nitrogens with zero attached hydrogens (tertiary/aromatic N) is 2. The fourth-order valence-electron chi connectivity index (χ4n) is 2.49. The summed E-state index contributed by atoms with van der Waals surface area (Å²) in [4.78, 5) is 0. The lowest BCUT2D eigenvalue weighted by molar-refractivity contribution is 0.166. The lowest BCUT2D eigenvalue weighted by Gasteiger charge is -2.33. The zero-order valence-electron chi connectivity index (χ0n) is 12.1. The van der Waals surface area contributed by atoms with Crippen LogP contribution in [0.4, 0.5) is 4.39 Å². The van der Waals surface area contributed by atoms with Gasteiger partial charge in [0.05, 0.1) is 0 Å². The van der Waals surface area contributed by atoms with Gasteiger partial charge < -0.3 is 5.11 Å². The first-order valence-corrected chi connectivity index (χ1v) is 8.40. The van der Waals surface area contributed by atoms with Gasteiger partial charge in [-0.15, -0.1) is 0 Å². The second-order valence-corrected chi connectivity index (χ2v) is 7.45. The van der Waals surface area contributed by atoms with Crippen molar-refractivity contribution in [3.05, 3.63) is 35.6 Å². The highest BCUT2D eigenvalue weighted by molar-refractivity contribution is 7.86. The number of rotatable bonds is 5. The van der Waals surface area contributed by atoms with Crippen LogP contribution in [-0.2, 0) is 16.8 Å². The Balaban J connectivity index is 2.02. The molecule has 0 radical (unpaired) electrons. The van der Waals surface area contributed by atoms with Gasteiger partial charge in [-0.25, -0.2) is 4.39 Å². The molecule has 1 saturated heterocycles. The smallest absolute Gasteiger partial charge is 0.282 e. The molecule has 0 unspecified atom stereocenters. The Morgan fingerprint density at radius 3 is 2.62 bits per heavy atom. The third-order valence-electron chi connectivity index (χ3n) is 3.85. The van der Waals surface area contributed by atoms with E-state index in [9.17, 15) is 12.8 Å². The highest BCUT2D eigenvalue weighted by atomic mass is 32.2. The molecule has 1 aromatic carbocycles. The predicted molar refractivity (Wildman–Crippen MR) is 78.2 cm³/mol. The second-order valence-electron chi connectivity index (χ2n) is 5.42. The van der Waals surface area contributed by atoms with Crippen LogP contribution in [0.15, 0.2) is 24.3 Å². The zero-order chi connectivity index (χ0) is 15.5. The first-order valence-electron chi connectivity index (χ1n) is 7.00. The van der Waals surface area contributed by atoms with Gasteiger partial charge in [0.25, 0.3) is 10.2 Å². The molecule has 5 nitrogen and oxygen atoms in total. The summed E-state index contributed by atoms with van der Waals surface area (Å²) in [5.41, 5.74) is 0.617. The van der Waals surface area contributed by atoms with Crippen LogP contribution in [0.25, 0.3) is 0 Å². The van der Waals surface area contributed by atoms with Crippen molar-refractivity contribution in [1.29, 1.82) is 0 Å². The number of piperidine rings is 1. The number of benzene rings is 1. The zero-order valence-corrected chi connectivity index (χ0v) is 12.9. The van der Waals surface area contributed by atoms with Crippen LogP contribution < -0.4 is 0 Å². The standard InChI is InChI=1S/C14H21FN2O3S/c1-16(10-13-3-2-4-14(15)9-13)21(19,20)17-7-5-12(11-18)6-8-17/h2-4,9,12,18H,5-8,10-11H2,1H3. The molecule has 7 heteroatoms. The molecule has 1 aliphatic rings. The lowest BCUT2D eigenvalue weighted by Crippen LogP contribution is -2.45. The van der Waals surface area contributed by atoms with Gasteiger partial charge in [-0.05, 0) is 36.5 Å². The SMILES string of the molecule is CN(Cc1cccc(F)c1)S(=O)(=O)N1CCC(CO)CC1. The normalized spacial score (nSPS) is 18.3. The van der Waals surface area contributed by atoms with Crippen LogP contribution in [0.3, 0.4) is 0 Å². The number of aliphatic hydroxyl groups excluding tert-OH is 1. The molecule has 0 amide bonds. The molecule has 1 heterocycles.